The maximum absolute atomic E-state index is 5.20. The van der Waals surface area contributed by atoms with Crippen molar-refractivity contribution < 1.29 is 4.74 Å². The quantitative estimate of drug-likeness (QED) is 0.780. The van der Waals surface area contributed by atoms with Crippen LogP contribution in [0.4, 0.5) is 5.69 Å². The molecule has 24 heavy (non-hydrogen) atoms. The predicted molar refractivity (Wildman–Crippen MR) is 93.5 cm³/mol. The van der Waals surface area contributed by atoms with Gasteiger partial charge in [-0.3, -0.25) is 0 Å². The fourth-order valence-electron chi connectivity index (χ4n) is 2.60. The summed E-state index contributed by atoms with van der Waals surface area (Å²) in [6, 6.07) is 15.9. The maximum atomic E-state index is 5.20. The lowest BCUT2D eigenvalue weighted by molar-refractivity contribution is 0.415. The van der Waals surface area contributed by atoms with Crippen LogP contribution in [0.1, 0.15) is 25.2 Å². The van der Waals surface area contributed by atoms with Crippen molar-refractivity contribution in [3.05, 3.63) is 59.9 Å². The van der Waals surface area contributed by atoms with E-state index in [0.717, 1.165) is 28.5 Å². The summed E-state index contributed by atoms with van der Waals surface area (Å²) in [5.74, 6) is 1.56. The molecule has 0 aliphatic carbocycles. The van der Waals surface area contributed by atoms with Crippen molar-refractivity contribution in [2.24, 2.45) is 0 Å². The van der Waals surface area contributed by atoms with Crippen molar-refractivity contribution in [3.63, 3.8) is 0 Å². The molecule has 1 heterocycles. The zero-order chi connectivity index (χ0) is 17.2. The number of aryl methyl sites for hydroxylation is 1. The average Bonchev–Trinajstić information content (AvgIpc) is 3.06. The Balaban J connectivity index is 1.91. The van der Waals surface area contributed by atoms with Crippen LogP contribution < -0.4 is 10.1 Å². The second-order valence-corrected chi connectivity index (χ2v) is 6.23. The van der Waals surface area contributed by atoms with Crippen LogP contribution >= 0.6 is 0 Å². The molecule has 1 aromatic heterocycles. The molecule has 0 aliphatic rings. The van der Waals surface area contributed by atoms with Gasteiger partial charge in [-0.05, 0) is 73.2 Å². The summed E-state index contributed by atoms with van der Waals surface area (Å²) >= 11 is 0. The molecule has 3 rings (SSSR count). The van der Waals surface area contributed by atoms with Crippen LogP contribution in [-0.4, -0.2) is 27.3 Å². The van der Waals surface area contributed by atoms with Crippen molar-refractivity contribution >= 4 is 5.69 Å². The predicted octanol–water partition coefficient (Wildman–Crippen LogP) is 3.33. The lowest BCUT2D eigenvalue weighted by atomic mass is 10.0. The van der Waals surface area contributed by atoms with Gasteiger partial charge in [0, 0.05) is 5.69 Å². The first-order valence-corrected chi connectivity index (χ1v) is 7.78. The molecule has 0 atom stereocenters. The third-order valence-corrected chi connectivity index (χ3v) is 3.82. The van der Waals surface area contributed by atoms with Gasteiger partial charge in [0.05, 0.1) is 18.3 Å². The van der Waals surface area contributed by atoms with Gasteiger partial charge < -0.3 is 10.1 Å². The Bertz CT molecular complexity index is 823. The highest BCUT2D eigenvalue weighted by atomic mass is 16.5. The van der Waals surface area contributed by atoms with Gasteiger partial charge in [0.2, 0.25) is 0 Å². The van der Waals surface area contributed by atoms with E-state index in [9.17, 15) is 0 Å². The number of hydrogen-bond acceptors (Lipinski definition) is 5. The third kappa shape index (κ3) is 3.22. The summed E-state index contributed by atoms with van der Waals surface area (Å²) in [5.41, 5.74) is 2.62. The zero-order valence-electron chi connectivity index (χ0n) is 14.3. The minimum atomic E-state index is -0.457. The number of nitrogens with zero attached hydrogens (tertiary/aromatic N) is 4. The molecule has 0 amide bonds. The molecule has 0 bridgehead atoms. The average molecular weight is 323 g/mol. The van der Waals surface area contributed by atoms with Crippen LogP contribution in [0.3, 0.4) is 0 Å². The Morgan fingerprint density at radius 3 is 2.50 bits per heavy atom. The van der Waals surface area contributed by atoms with Crippen LogP contribution in [0.15, 0.2) is 48.5 Å². The van der Waals surface area contributed by atoms with Gasteiger partial charge in [0.25, 0.3) is 0 Å². The Morgan fingerprint density at radius 1 is 1.08 bits per heavy atom. The normalized spacial score (nSPS) is 11.3. The molecule has 0 spiro atoms. The summed E-state index contributed by atoms with van der Waals surface area (Å²) in [5, 5.41) is 15.7. The molecular weight excluding hydrogens is 302 g/mol. The second kappa shape index (κ2) is 6.31. The Hall–Kier alpha value is -2.89. The topological polar surface area (TPSA) is 64.9 Å². The number of tetrazole rings is 1. The summed E-state index contributed by atoms with van der Waals surface area (Å²) in [6.07, 6.45) is 0. The van der Waals surface area contributed by atoms with E-state index < -0.39 is 5.54 Å². The first kappa shape index (κ1) is 16.0. The summed E-state index contributed by atoms with van der Waals surface area (Å²) in [6.45, 7) is 6.15. The van der Waals surface area contributed by atoms with Crippen molar-refractivity contribution in [1.82, 2.24) is 20.2 Å². The van der Waals surface area contributed by atoms with Gasteiger partial charge in [0.15, 0.2) is 5.82 Å². The van der Waals surface area contributed by atoms with Crippen molar-refractivity contribution in [2.45, 2.75) is 26.3 Å². The monoisotopic (exact) mass is 323 g/mol. The van der Waals surface area contributed by atoms with Crippen LogP contribution in [0.5, 0.6) is 5.75 Å². The maximum Gasteiger partial charge on any atom is 0.181 e. The molecule has 3 aromatic rings. The van der Waals surface area contributed by atoms with E-state index >= 15 is 0 Å². The molecular formula is C18H21N5O. The number of rotatable bonds is 5. The van der Waals surface area contributed by atoms with Crippen molar-refractivity contribution in [1.29, 1.82) is 0 Å². The van der Waals surface area contributed by atoms with E-state index in [1.165, 1.54) is 0 Å². The Morgan fingerprint density at radius 2 is 1.83 bits per heavy atom. The van der Waals surface area contributed by atoms with E-state index in [2.05, 4.69) is 40.8 Å². The summed E-state index contributed by atoms with van der Waals surface area (Å²) in [4.78, 5) is 0. The van der Waals surface area contributed by atoms with Gasteiger partial charge in [-0.15, -0.1) is 5.10 Å². The largest absolute Gasteiger partial charge is 0.497 e. The molecule has 0 unspecified atom stereocenters. The number of anilines is 1. The van der Waals surface area contributed by atoms with E-state index in [0.29, 0.717) is 0 Å². The molecule has 2 aromatic carbocycles. The van der Waals surface area contributed by atoms with E-state index in [1.807, 2.05) is 49.4 Å². The molecule has 6 nitrogen and oxygen atoms in total. The third-order valence-electron chi connectivity index (χ3n) is 3.82. The first-order valence-electron chi connectivity index (χ1n) is 7.78. The number of aromatic nitrogens is 4. The van der Waals surface area contributed by atoms with Crippen molar-refractivity contribution in [2.75, 3.05) is 12.4 Å². The highest BCUT2D eigenvalue weighted by Gasteiger charge is 2.28. The molecule has 0 saturated heterocycles. The van der Waals surface area contributed by atoms with Crippen LogP contribution in [-0.2, 0) is 5.54 Å². The molecule has 0 fully saturated rings. The molecule has 0 aliphatic heterocycles. The fraction of sp³-hybridized carbons (Fsp3) is 0.278. The first-order chi connectivity index (χ1) is 11.5. The summed E-state index contributed by atoms with van der Waals surface area (Å²) in [7, 11) is 1.66. The molecule has 0 saturated carbocycles. The van der Waals surface area contributed by atoms with Crippen LogP contribution in [0.2, 0.25) is 0 Å². The molecule has 0 radical (unpaired) electrons. The molecule has 6 heteroatoms. The number of methoxy groups -OCH3 is 1. The summed E-state index contributed by atoms with van der Waals surface area (Å²) < 4.78 is 6.96. The minimum Gasteiger partial charge on any atom is -0.497 e. The van der Waals surface area contributed by atoms with Gasteiger partial charge in [0.1, 0.15) is 5.75 Å². The van der Waals surface area contributed by atoms with Crippen LogP contribution in [0.25, 0.3) is 5.69 Å². The highest BCUT2D eigenvalue weighted by molar-refractivity contribution is 5.49. The van der Waals surface area contributed by atoms with Crippen molar-refractivity contribution in [3.8, 4) is 11.4 Å². The SMILES string of the molecule is COc1ccc(NC(C)(C)c2nnnn2-c2cccc(C)c2)cc1. The van der Waals surface area contributed by atoms with E-state index in [4.69, 9.17) is 4.74 Å². The van der Waals surface area contributed by atoms with Gasteiger partial charge >= 0.3 is 0 Å². The van der Waals surface area contributed by atoms with Gasteiger partial charge in [-0.2, -0.15) is 4.68 Å². The molecule has 1 N–H and O–H groups in total. The second-order valence-electron chi connectivity index (χ2n) is 6.23. The highest BCUT2D eigenvalue weighted by Crippen LogP contribution is 2.26. The van der Waals surface area contributed by atoms with Gasteiger partial charge in [-0.1, -0.05) is 12.1 Å². The zero-order valence-corrected chi connectivity index (χ0v) is 14.3. The standard InChI is InChI=1S/C18H21N5O/c1-13-6-5-7-15(12-13)23-17(20-21-22-23)18(2,3)19-14-8-10-16(24-4)11-9-14/h5-12,19H,1-4H3. The lowest BCUT2D eigenvalue weighted by Gasteiger charge is -2.26. The number of nitrogens with one attached hydrogen (secondary N) is 1. The van der Waals surface area contributed by atoms with Gasteiger partial charge in [-0.25, -0.2) is 0 Å². The van der Waals surface area contributed by atoms with E-state index in [-0.39, 0.29) is 0 Å². The Kier molecular flexibility index (Phi) is 4.20. The minimum absolute atomic E-state index is 0.457. The fourth-order valence-corrected chi connectivity index (χ4v) is 2.60. The Labute approximate surface area is 141 Å². The molecule has 124 valence electrons. The number of ether oxygens (including phenoxy) is 1. The van der Waals surface area contributed by atoms with Crippen LogP contribution in [0, 0.1) is 6.92 Å². The number of benzene rings is 2. The lowest BCUT2D eigenvalue weighted by Crippen LogP contribution is -2.31. The van der Waals surface area contributed by atoms with E-state index in [1.54, 1.807) is 11.8 Å². The smallest absolute Gasteiger partial charge is 0.181 e. The number of hydrogen-bond donors (Lipinski definition) is 1.